The van der Waals surface area contributed by atoms with Gasteiger partial charge >= 0.3 is 6.18 Å². The van der Waals surface area contributed by atoms with Crippen LogP contribution in [-0.2, 0) is 6.18 Å². The van der Waals surface area contributed by atoms with E-state index >= 15 is 0 Å². The van der Waals surface area contributed by atoms with Gasteiger partial charge < -0.3 is 0 Å². The average Bonchev–Trinajstić information content (AvgIpc) is 3.10. The van der Waals surface area contributed by atoms with Crippen molar-refractivity contribution in [3.05, 3.63) is 72.6 Å². The second-order valence-electron chi connectivity index (χ2n) is 6.06. The van der Waals surface area contributed by atoms with Crippen LogP contribution in [0.2, 0.25) is 0 Å². The van der Waals surface area contributed by atoms with Crippen molar-refractivity contribution in [3.63, 3.8) is 0 Å². The van der Waals surface area contributed by atoms with Crippen molar-refractivity contribution >= 4 is 38.1 Å². The van der Waals surface area contributed by atoms with Crippen molar-refractivity contribution in [2.24, 2.45) is 0 Å². The standard InChI is InChI=1S/C20H11F3N2/c21-20(22,23)13-6-8-14-12(11-13)5-7-16-18(14)15-3-1-2-4-17(15)25-10-9-24-19(16)25/h1-11H. The summed E-state index contributed by atoms with van der Waals surface area (Å²) in [4.78, 5) is 4.44. The summed E-state index contributed by atoms with van der Waals surface area (Å²) in [5, 5.41) is 4.22. The van der Waals surface area contributed by atoms with E-state index in [9.17, 15) is 13.2 Å². The fraction of sp³-hybridized carbons (Fsp3) is 0.0500. The molecule has 0 radical (unpaired) electrons. The summed E-state index contributed by atoms with van der Waals surface area (Å²) in [6.45, 7) is 0. The maximum atomic E-state index is 13.0. The lowest BCUT2D eigenvalue weighted by Gasteiger charge is -2.12. The number of aromatic nitrogens is 2. The van der Waals surface area contributed by atoms with Crippen molar-refractivity contribution in [3.8, 4) is 0 Å². The Balaban J connectivity index is 2.03. The Bertz CT molecular complexity index is 1280. The molecule has 5 aromatic rings. The molecule has 2 nitrogen and oxygen atoms in total. The van der Waals surface area contributed by atoms with Crippen molar-refractivity contribution in [1.82, 2.24) is 9.38 Å². The van der Waals surface area contributed by atoms with Gasteiger partial charge in [0.2, 0.25) is 0 Å². The number of hydrogen-bond donors (Lipinski definition) is 0. The molecule has 25 heavy (non-hydrogen) atoms. The lowest BCUT2D eigenvalue weighted by molar-refractivity contribution is -0.137. The molecule has 0 spiro atoms. The molecule has 0 bridgehead atoms. The Labute approximate surface area is 140 Å². The number of benzene rings is 3. The summed E-state index contributed by atoms with van der Waals surface area (Å²) in [6, 6.07) is 15.4. The first-order valence-corrected chi connectivity index (χ1v) is 7.81. The highest BCUT2D eigenvalue weighted by Crippen LogP contribution is 2.37. The largest absolute Gasteiger partial charge is 0.416 e. The quantitative estimate of drug-likeness (QED) is 0.326. The van der Waals surface area contributed by atoms with Gasteiger partial charge in [-0.2, -0.15) is 13.2 Å². The molecular formula is C20H11F3N2. The summed E-state index contributed by atoms with van der Waals surface area (Å²) >= 11 is 0. The van der Waals surface area contributed by atoms with E-state index in [1.807, 2.05) is 40.9 Å². The maximum Gasteiger partial charge on any atom is 0.416 e. The molecule has 0 amide bonds. The molecule has 2 aromatic heterocycles. The zero-order valence-corrected chi connectivity index (χ0v) is 12.9. The Morgan fingerprint density at radius 3 is 2.48 bits per heavy atom. The molecule has 0 atom stereocenters. The van der Waals surface area contributed by atoms with Gasteiger partial charge in [0.25, 0.3) is 0 Å². The van der Waals surface area contributed by atoms with E-state index in [1.165, 1.54) is 6.07 Å². The van der Waals surface area contributed by atoms with Crippen molar-refractivity contribution in [2.75, 3.05) is 0 Å². The molecule has 0 fully saturated rings. The lowest BCUT2D eigenvalue weighted by Crippen LogP contribution is -2.04. The minimum atomic E-state index is -4.35. The minimum Gasteiger partial charge on any atom is -0.299 e. The molecule has 0 saturated carbocycles. The van der Waals surface area contributed by atoms with Crippen LogP contribution >= 0.6 is 0 Å². The number of pyridine rings is 1. The molecule has 5 heteroatoms. The van der Waals surface area contributed by atoms with E-state index < -0.39 is 11.7 Å². The topological polar surface area (TPSA) is 17.3 Å². The van der Waals surface area contributed by atoms with E-state index in [1.54, 1.807) is 18.3 Å². The SMILES string of the molecule is FC(F)(F)c1ccc2c(ccc3c2c2ccccc2n2ccnc32)c1. The number of fused-ring (bicyclic) bond motifs is 8. The van der Waals surface area contributed by atoms with E-state index in [4.69, 9.17) is 0 Å². The van der Waals surface area contributed by atoms with Gasteiger partial charge in [0.05, 0.1) is 11.1 Å². The predicted octanol–water partition coefficient (Wildman–Crippen LogP) is 5.81. The molecule has 0 aliphatic carbocycles. The first kappa shape index (κ1) is 14.3. The Kier molecular flexibility index (Phi) is 2.70. The third-order valence-corrected chi connectivity index (χ3v) is 4.66. The third kappa shape index (κ3) is 1.95. The highest BCUT2D eigenvalue weighted by atomic mass is 19.4. The minimum absolute atomic E-state index is 0.573. The van der Waals surface area contributed by atoms with Crippen LogP contribution < -0.4 is 0 Å². The number of alkyl halides is 3. The smallest absolute Gasteiger partial charge is 0.299 e. The summed E-state index contributed by atoms with van der Waals surface area (Å²) < 4.78 is 41.1. The molecule has 0 aliphatic heterocycles. The van der Waals surface area contributed by atoms with Gasteiger partial charge in [-0.25, -0.2) is 4.98 Å². The molecule has 122 valence electrons. The number of halogens is 3. The van der Waals surface area contributed by atoms with Crippen LogP contribution in [0.15, 0.2) is 67.0 Å². The Hall–Kier alpha value is -3.08. The monoisotopic (exact) mass is 336 g/mol. The number of nitrogens with zero attached hydrogens (tertiary/aromatic N) is 2. The summed E-state index contributed by atoms with van der Waals surface area (Å²) in [5.41, 5.74) is 1.15. The van der Waals surface area contributed by atoms with E-state index in [0.717, 1.165) is 38.8 Å². The van der Waals surface area contributed by atoms with Gasteiger partial charge in [-0.1, -0.05) is 30.3 Å². The Morgan fingerprint density at radius 2 is 1.64 bits per heavy atom. The second-order valence-corrected chi connectivity index (χ2v) is 6.06. The highest BCUT2D eigenvalue weighted by molar-refractivity contribution is 6.22. The van der Waals surface area contributed by atoms with Gasteiger partial charge in [-0.3, -0.25) is 4.40 Å². The highest BCUT2D eigenvalue weighted by Gasteiger charge is 2.30. The van der Waals surface area contributed by atoms with Crippen molar-refractivity contribution < 1.29 is 13.2 Å². The number of rotatable bonds is 0. The van der Waals surface area contributed by atoms with Gasteiger partial charge in [-0.15, -0.1) is 0 Å². The Morgan fingerprint density at radius 1 is 0.840 bits per heavy atom. The fourth-order valence-corrected chi connectivity index (χ4v) is 3.57. The predicted molar refractivity (Wildman–Crippen MR) is 92.7 cm³/mol. The summed E-state index contributed by atoms with van der Waals surface area (Å²) in [6.07, 6.45) is -0.718. The third-order valence-electron chi connectivity index (χ3n) is 4.66. The fourth-order valence-electron chi connectivity index (χ4n) is 3.57. The van der Waals surface area contributed by atoms with Crippen molar-refractivity contribution in [1.29, 1.82) is 0 Å². The second kappa shape index (κ2) is 4.72. The van der Waals surface area contributed by atoms with Gasteiger partial charge in [0.1, 0.15) is 5.65 Å². The lowest BCUT2D eigenvalue weighted by atomic mass is 9.97. The van der Waals surface area contributed by atoms with Gasteiger partial charge in [0.15, 0.2) is 0 Å². The normalized spacial score (nSPS) is 12.6. The molecule has 0 aliphatic rings. The van der Waals surface area contributed by atoms with Crippen LogP contribution in [0.1, 0.15) is 5.56 Å². The number of hydrogen-bond acceptors (Lipinski definition) is 1. The average molecular weight is 336 g/mol. The first-order valence-electron chi connectivity index (χ1n) is 7.81. The van der Waals surface area contributed by atoms with Crippen LogP contribution in [0.4, 0.5) is 13.2 Å². The number of imidazole rings is 1. The van der Waals surface area contributed by atoms with Crippen LogP contribution in [0.5, 0.6) is 0 Å². The zero-order chi connectivity index (χ0) is 17.2. The maximum absolute atomic E-state index is 13.0. The molecule has 5 rings (SSSR count). The van der Waals surface area contributed by atoms with Crippen LogP contribution in [0, 0.1) is 0 Å². The number of para-hydroxylation sites is 1. The van der Waals surface area contributed by atoms with Gasteiger partial charge in [-0.05, 0) is 35.0 Å². The molecular weight excluding hydrogens is 325 g/mol. The van der Waals surface area contributed by atoms with E-state index in [-0.39, 0.29) is 0 Å². The van der Waals surface area contributed by atoms with E-state index in [2.05, 4.69) is 4.98 Å². The molecule has 0 N–H and O–H groups in total. The summed E-state index contributed by atoms with van der Waals surface area (Å²) in [5.74, 6) is 0. The molecule has 0 saturated heterocycles. The van der Waals surface area contributed by atoms with Crippen LogP contribution in [0.25, 0.3) is 38.1 Å². The first-order chi connectivity index (χ1) is 12.0. The van der Waals surface area contributed by atoms with E-state index in [0.29, 0.717) is 5.39 Å². The zero-order valence-electron chi connectivity index (χ0n) is 12.9. The molecule has 0 unspecified atom stereocenters. The van der Waals surface area contributed by atoms with Gasteiger partial charge in [0, 0.05) is 28.6 Å². The molecule has 2 heterocycles. The van der Waals surface area contributed by atoms with Crippen LogP contribution in [0.3, 0.4) is 0 Å². The van der Waals surface area contributed by atoms with Crippen LogP contribution in [-0.4, -0.2) is 9.38 Å². The summed E-state index contributed by atoms with van der Waals surface area (Å²) in [7, 11) is 0. The van der Waals surface area contributed by atoms with Crippen molar-refractivity contribution in [2.45, 2.75) is 6.18 Å². The molecule has 3 aromatic carbocycles.